The molecule has 1 fully saturated rings. The fourth-order valence-electron chi connectivity index (χ4n) is 3.11. The number of fused-ring (bicyclic) bond motifs is 1. The van der Waals surface area contributed by atoms with Crippen LogP contribution in [0.25, 0.3) is 0 Å². The van der Waals surface area contributed by atoms with Gasteiger partial charge >= 0.3 is 0 Å². The highest BCUT2D eigenvalue weighted by Gasteiger charge is 2.25. The van der Waals surface area contributed by atoms with Crippen LogP contribution in [0.3, 0.4) is 0 Å². The third-order valence-corrected chi connectivity index (χ3v) is 4.45. The maximum absolute atomic E-state index is 5.18. The molecule has 1 saturated carbocycles. The van der Waals surface area contributed by atoms with Crippen molar-refractivity contribution in [3.63, 3.8) is 0 Å². The van der Waals surface area contributed by atoms with Crippen LogP contribution in [0.2, 0.25) is 0 Å². The smallest absolute Gasteiger partial charge is 0.133 e. The van der Waals surface area contributed by atoms with E-state index in [2.05, 4.69) is 15.2 Å². The zero-order chi connectivity index (χ0) is 14.9. The van der Waals surface area contributed by atoms with Gasteiger partial charge in [-0.05, 0) is 32.3 Å². The second-order valence-corrected chi connectivity index (χ2v) is 6.37. The highest BCUT2D eigenvalue weighted by molar-refractivity contribution is 5.49. The molecule has 1 aliphatic heterocycles. The Morgan fingerprint density at radius 1 is 1.27 bits per heavy atom. The number of hydrogen-bond donors (Lipinski definition) is 1. The Morgan fingerprint density at radius 3 is 2.91 bits per heavy atom. The summed E-state index contributed by atoms with van der Waals surface area (Å²) in [5, 5.41) is 3.59. The predicted octanol–water partition coefficient (Wildman–Crippen LogP) is 2.55. The lowest BCUT2D eigenvalue weighted by Crippen LogP contribution is -2.25. The monoisotopic (exact) mass is 298 g/mol. The third kappa shape index (κ3) is 2.99. The summed E-state index contributed by atoms with van der Waals surface area (Å²) in [4.78, 5) is 11.8. The first-order chi connectivity index (χ1) is 10.8. The number of rotatable bonds is 4. The molecular formula is C17H22N4O. The van der Waals surface area contributed by atoms with Crippen LogP contribution < -0.4 is 5.32 Å². The van der Waals surface area contributed by atoms with Crippen LogP contribution >= 0.6 is 0 Å². The average Bonchev–Trinajstić information content (AvgIpc) is 3.20. The van der Waals surface area contributed by atoms with E-state index in [0.717, 1.165) is 44.1 Å². The highest BCUT2D eigenvalue weighted by Crippen LogP contribution is 2.28. The number of aryl methyl sites for hydroxylation is 1. The summed E-state index contributed by atoms with van der Waals surface area (Å²) in [5.74, 6) is 1.96. The lowest BCUT2D eigenvalue weighted by molar-refractivity contribution is 0.278. The van der Waals surface area contributed by atoms with Crippen molar-refractivity contribution in [2.75, 3.05) is 18.4 Å². The maximum Gasteiger partial charge on any atom is 0.133 e. The standard InChI is InChI=1S/C17H22N4O/c1-12-18-16-5-8-21(10-13-6-9-22-11-13)7-4-15(16)17(19-12)20-14-2-3-14/h6,9,11,14H,2-5,7-8,10H2,1H3,(H,18,19,20). The summed E-state index contributed by atoms with van der Waals surface area (Å²) in [6.45, 7) is 5.02. The average molecular weight is 298 g/mol. The Bertz CT molecular complexity index is 649. The molecular weight excluding hydrogens is 276 g/mol. The lowest BCUT2D eigenvalue weighted by Gasteiger charge is -2.18. The van der Waals surface area contributed by atoms with E-state index in [1.807, 2.05) is 19.3 Å². The van der Waals surface area contributed by atoms with Gasteiger partial charge in [-0.3, -0.25) is 4.90 Å². The summed E-state index contributed by atoms with van der Waals surface area (Å²) in [6.07, 6.45) is 8.13. The molecule has 22 heavy (non-hydrogen) atoms. The molecule has 2 aliphatic rings. The van der Waals surface area contributed by atoms with Crippen LogP contribution in [-0.2, 0) is 19.4 Å². The van der Waals surface area contributed by atoms with Gasteiger partial charge in [0.2, 0.25) is 0 Å². The molecule has 1 N–H and O–H groups in total. The van der Waals surface area contributed by atoms with Crippen molar-refractivity contribution < 1.29 is 4.42 Å². The molecule has 0 amide bonds. The van der Waals surface area contributed by atoms with Crippen molar-refractivity contribution >= 4 is 5.82 Å². The van der Waals surface area contributed by atoms with Crippen LogP contribution in [0.5, 0.6) is 0 Å². The zero-order valence-corrected chi connectivity index (χ0v) is 13.0. The minimum absolute atomic E-state index is 0.628. The number of nitrogens with zero attached hydrogens (tertiary/aromatic N) is 3. The Morgan fingerprint density at radius 2 is 2.14 bits per heavy atom. The third-order valence-electron chi connectivity index (χ3n) is 4.45. The number of aromatic nitrogens is 2. The predicted molar refractivity (Wildman–Crippen MR) is 84.8 cm³/mol. The van der Waals surface area contributed by atoms with Crippen LogP contribution in [0.1, 0.15) is 35.5 Å². The molecule has 2 aromatic rings. The lowest BCUT2D eigenvalue weighted by atomic mass is 10.1. The van der Waals surface area contributed by atoms with E-state index in [4.69, 9.17) is 9.40 Å². The highest BCUT2D eigenvalue weighted by atomic mass is 16.3. The molecule has 116 valence electrons. The van der Waals surface area contributed by atoms with E-state index >= 15 is 0 Å². The number of furan rings is 1. The number of anilines is 1. The summed E-state index contributed by atoms with van der Waals surface area (Å²) >= 11 is 0. The van der Waals surface area contributed by atoms with Crippen molar-refractivity contribution in [3.05, 3.63) is 41.2 Å². The molecule has 0 radical (unpaired) electrons. The first-order valence-corrected chi connectivity index (χ1v) is 8.14. The molecule has 5 nitrogen and oxygen atoms in total. The minimum atomic E-state index is 0.628. The van der Waals surface area contributed by atoms with Gasteiger partial charge in [-0.1, -0.05) is 0 Å². The van der Waals surface area contributed by atoms with E-state index < -0.39 is 0 Å². The van der Waals surface area contributed by atoms with Gasteiger partial charge in [-0.25, -0.2) is 9.97 Å². The molecule has 0 unspecified atom stereocenters. The Labute approximate surface area is 130 Å². The molecule has 0 bridgehead atoms. The quantitative estimate of drug-likeness (QED) is 0.940. The van der Waals surface area contributed by atoms with Crippen molar-refractivity contribution in [1.82, 2.24) is 14.9 Å². The van der Waals surface area contributed by atoms with Crippen molar-refractivity contribution in [1.29, 1.82) is 0 Å². The largest absolute Gasteiger partial charge is 0.472 e. The number of hydrogen-bond acceptors (Lipinski definition) is 5. The summed E-state index contributed by atoms with van der Waals surface area (Å²) in [6, 6.07) is 2.67. The molecule has 1 aliphatic carbocycles. The van der Waals surface area contributed by atoms with Crippen LogP contribution in [-0.4, -0.2) is 34.0 Å². The fraction of sp³-hybridized carbons (Fsp3) is 0.529. The first kappa shape index (κ1) is 13.8. The molecule has 5 heteroatoms. The zero-order valence-electron chi connectivity index (χ0n) is 13.0. The molecule has 2 aromatic heterocycles. The van der Waals surface area contributed by atoms with Crippen LogP contribution in [0.4, 0.5) is 5.82 Å². The first-order valence-electron chi connectivity index (χ1n) is 8.14. The van der Waals surface area contributed by atoms with Gasteiger partial charge in [0.1, 0.15) is 11.6 Å². The Kier molecular flexibility index (Phi) is 3.58. The van der Waals surface area contributed by atoms with Crippen LogP contribution in [0, 0.1) is 6.92 Å². The molecule has 0 spiro atoms. The van der Waals surface area contributed by atoms with Gasteiger partial charge in [0.15, 0.2) is 0 Å². The molecule has 0 saturated heterocycles. The Hall–Kier alpha value is -1.88. The van der Waals surface area contributed by atoms with Crippen molar-refractivity contribution in [2.45, 2.75) is 45.2 Å². The topological polar surface area (TPSA) is 54.2 Å². The second-order valence-electron chi connectivity index (χ2n) is 6.37. The molecule has 0 atom stereocenters. The Balaban J connectivity index is 1.52. The van der Waals surface area contributed by atoms with Crippen LogP contribution in [0.15, 0.2) is 23.0 Å². The van der Waals surface area contributed by atoms with E-state index in [0.29, 0.717) is 6.04 Å². The maximum atomic E-state index is 5.18. The van der Waals surface area contributed by atoms with Gasteiger partial charge in [-0.2, -0.15) is 0 Å². The van der Waals surface area contributed by atoms with Crippen molar-refractivity contribution in [2.24, 2.45) is 0 Å². The number of nitrogens with one attached hydrogen (secondary N) is 1. The minimum Gasteiger partial charge on any atom is -0.472 e. The van der Waals surface area contributed by atoms with E-state index in [9.17, 15) is 0 Å². The summed E-state index contributed by atoms with van der Waals surface area (Å²) in [7, 11) is 0. The normalized spacial score (nSPS) is 18.8. The second kappa shape index (κ2) is 5.72. The van der Waals surface area contributed by atoms with Gasteiger partial charge in [0.05, 0.1) is 18.2 Å². The van der Waals surface area contributed by atoms with Gasteiger partial charge in [0, 0.05) is 43.2 Å². The summed E-state index contributed by atoms with van der Waals surface area (Å²) in [5.41, 5.74) is 3.79. The molecule has 4 rings (SSSR count). The fourth-order valence-corrected chi connectivity index (χ4v) is 3.11. The van der Waals surface area contributed by atoms with Gasteiger partial charge in [-0.15, -0.1) is 0 Å². The molecule has 0 aromatic carbocycles. The van der Waals surface area contributed by atoms with E-state index in [1.54, 1.807) is 6.26 Å². The van der Waals surface area contributed by atoms with Gasteiger partial charge in [0.25, 0.3) is 0 Å². The van der Waals surface area contributed by atoms with Crippen molar-refractivity contribution in [3.8, 4) is 0 Å². The van der Waals surface area contributed by atoms with E-state index in [1.165, 1.54) is 29.7 Å². The van der Waals surface area contributed by atoms with Gasteiger partial charge < -0.3 is 9.73 Å². The molecule has 3 heterocycles. The summed E-state index contributed by atoms with van der Waals surface area (Å²) < 4.78 is 5.18. The SMILES string of the molecule is Cc1nc2c(c(NC3CC3)n1)CCN(Cc1ccoc1)CC2. The van der Waals surface area contributed by atoms with E-state index in [-0.39, 0.29) is 0 Å².